The van der Waals surface area contributed by atoms with Gasteiger partial charge in [-0.25, -0.2) is 0 Å². The van der Waals surface area contributed by atoms with Gasteiger partial charge in [0.2, 0.25) is 0 Å². The number of alkyl halides is 3. The Morgan fingerprint density at radius 2 is 2.00 bits per heavy atom. The predicted octanol–water partition coefficient (Wildman–Crippen LogP) is 1.68. The van der Waals surface area contributed by atoms with Crippen molar-refractivity contribution in [1.29, 1.82) is 0 Å². The zero-order valence-electron chi connectivity index (χ0n) is 5.39. The zero-order valence-corrected chi connectivity index (χ0v) is 5.39. The largest absolute Gasteiger partial charge is 0.418 e. The van der Waals surface area contributed by atoms with Crippen molar-refractivity contribution in [3.8, 4) is 0 Å². The number of hydrogen-bond donors (Lipinski definition) is 0. The Labute approximate surface area is 61.1 Å². The molecule has 0 spiro atoms. The second kappa shape index (κ2) is 2.48. The lowest BCUT2D eigenvalue weighted by molar-refractivity contribution is -0.138. The van der Waals surface area contributed by atoms with E-state index in [2.05, 4.69) is 17.1 Å². The van der Waals surface area contributed by atoms with Crippen LogP contribution >= 0.6 is 0 Å². The van der Waals surface area contributed by atoms with Crippen LogP contribution in [0.25, 0.3) is 0 Å². The summed E-state index contributed by atoms with van der Waals surface area (Å²) in [7, 11) is 0. The second-order valence-corrected chi connectivity index (χ2v) is 1.89. The number of nitrogens with zero attached hydrogens (tertiary/aromatic N) is 2. The maximum Gasteiger partial charge on any atom is 0.418 e. The molecular formula is C6H4F3N2. The van der Waals surface area contributed by atoms with Crippen LogP contribution in [0.1, 0.15) is 11.3 Å². The quantitative estimate of drug-likeness (QED) is 0.578. The molecule has 1 aromatic heterocycles. The van der Waals surface area contributed by atoms with Gasteiger partial charge in [-0.05, 0) is 13.0 Å². The number of aromatic nitrogens is 2. The molecule has 0 aliphatic heterocycles. The molecule has 11 heavy (non-hydrogen) atoms. The minimum Gasteiger partial charge on any atom is -0.166 e. The summed E-state index contributed by atoms with van der Waals surface area (Å²) in [6.45, 7) is 3.09. The Kier molecular flexibility index (Phi) is 1.80. The van der Waals surface area contributed by atoms with Gasteiger partial charge in [0.1, 0.15) is 0 Å². The van der Waals surface area contributed by atoms with Crippen LogP contribution in [0.2, 0.25) is 0 Å². The third-order valence-corrected chi connectivity index (χ3v) is 1.10. The van der Waals surface area contributed by atoms with E-state index in [9.17, 15) is 13.2 Å². The van der Waals surface area contributed by atoms with Crippen molar-refractivity contribution >= 4 is 0 Å². The SMILES string of the molecule is [CH2]c1nnccc1C(F)(F)F. The van der Waals surface area contributed by atoms with Crippen LogP contribution in [0.5, 0.6) is 0 Å². The van der Waals surface area contributed by atoms with Gasteiger partial charge in [0.05, 0.1) is 17.5 Å². The van der Waals surface area contributed by atoms with Crippen molar-refractivity contribution in [1.82, 2.24) is 10.2 Å². The summed E-state index contributed by atoms with van der Waals surface area (Å²) in [5.41, 5.74) is -1.19. The molecule has 59 valence electrons. The van der Waals surface area contributed by atoms with Gasteiger partial charge in [-0.3, -0.25) is 0 Å². The Bertz CT molecular complexity index is 256. The average molecular weight is 161 g/mol. The topological polar surface area (TPSA) is 25.8 Å². The fourth-order valence-corrected chi connectivity index (χ4v) is 0.619. The lowest BCUT2D eigenvalue weighted by Crippen LogP contribution is -2.08. The third kappa shape index (κ3) is 1.66. The first kappa shape index (κ1) is 7.97. The van der Waals surface area contributed by atoms with Gasteiger partial charge >= 0.3 is 6.18 Å². The second-order valence-electron chi connectivity index (χ2n) is 1.89. The lowest BCUT2D eigenvalue weighted by Gasteiger charge is -2.06. The van der Waals surface area contributed by atoms with Crippen LogP contribution in [0, 0.1) is 6.92 Å². The number of hydrogen-bond acceptors (Lipinski definition) is 2. The smallest absolute Gasteiger partial charge is 0.166 e. The Morgan fingerprint density at radius 3 is 2.36 bits per heavy atom. The predicted molar refractivity (Wildman–Crippen MR) is 31.5 cm³/mol. The molecule has 0 saturated carbocycles. The normalized spacial score (nSPS) is 11.6. The molecular weight excluding hydrogens is 157 g/mol. The maximum absolute atomic E-state index is 11.9. The highest BCUT2D eigenvalue weighted by Gasteiger charge is 2.32. The molecule has 0 fully saturated rings. The van der Waals surface area contributed by atoms with E-state index in [1.54, 1.807) is 0 Å². The first-order valence-corrected chi connectivity index (χ1v) is 2.72. The van der Waals surface area contributed by atoms with E-state index in [1.807, 2.05) is 0 Å². The molecule has 5 heteroatoms. The summed E-state index contributed by atoms with van der Waals surface area (Å²) in [5, 5.41) is 6.41. The minimum atomic E-state index is -4.38. The molecule has 2 nitrogen and oxygen atoms in total. The molecule has 0 aliphatic carbocycles. The summed E-state index contributed by atoms with van der Waals surface area (Å²) in [6.07, 6.45) is -3.40. The molecule has 0 atom stereocenters. The molecule has 1 radical (unpaired) electrons. The molecule has 0 unspecified atom stereocenters. The molecule has 0 aliphatic rings. The first-order valence-electron chi connectivity index (χ1n) is 2.72. The highest BCUT2D eigenvalue weighted by molar-refractivity contribution is 5.22. The van der Waals surface area contributed by atoms with E-state index < -0.39 is 11.7 Å². The molecule has 1 aromatic rings. The zero-order chi connectivity index (χ0) is 8.48. The molecule has 1 heterocycles. The van der Waals surface area contributed by atoms with Crippen molar-refractivity contribution in [2.24, 2.45) is 0 Å². The Morgan fingerprint density at radius 1 is 1.36 bits per heavy atom. The summed E-state index contributed by atoms with van der Waals surface area (Å²) in [5.74, 6) is 0. The van der Waals surface area contributed by atoms with Gasteiger partial charge < -0.3 is 0 Å². The molecule has 0 N–H and O–H groups in total. The van der Waals surface area contributed by atoms with Crippen LogP contribution in [0.3, 0.4) is 0 Å². The maximum atomic E-state index is 11.9. The van der Waals surface area contributed by atoms with Gasteiger partial charge in [0.25, 0.3) is 0 Å². The lowest BCUT2D eigenvalue weighted by atomic mass is 10.2. The van der Waals surface area contributed by atoms with Crippen LogP contribution in [-0.4, -0.2) is 10.2 Å². The van der Waals surface area contributed by atoms with Crippen LogP contribution in [0.4, 0.5) is 13.2 Å². The molecule has 0 aromatic carbocycles. The van der Waals surface area contributed by atoms with E-state index in [1.165, 1.54) is 0 Å². The highest BCUT2D eigenvalue weighted by Crippen LogP contribution is 2.29. The number of halogens is 3. The molecule has 0 bridgehead atoms. The Hall–Kier alpha value is -1.13. The number of rotatable bonds is 0. The Balaban J connectivity index is 3.14. The van der Waals surface area contributed by atoms with E-state index in [-0.39, 0.29) is 5.69 Å². The monoisotopic (exact) mass is 161 g/mol. The third-order valence-electron chi connectivity index (χ3n) is 1.10. The average Bonchev–Trinajstić information content (AvgIpc) is 1.86. The van der Waals surface area contributed by atoms with Crippen LogP contribution in [0.15, 0.2) is 12.3 Å². The summed E-state index contributed by atoms with van der Waals surface area (Å²) < 4.78 is 35.8. The summed E-state index contributed by atoms with van der Waals surface area (Å²) in [6, 6.07) is 0.843. The minimum absolute atomic E-state index is 0.347. The van der Waals surface area contributed by atoms with Gasteiger partial charge in [0, 0.05) is 0 Å². The highest BCUT2D eigenvalue weighted by atomic mass is 19.4. The van der Waals surface area contributed by atoms with Crippen molar-refractivity contribution < 1.29 is 13.2 Å². The van der Waals surface area contributed by atoms with Gasteiger partial charge in [0.15, 0.2) is 0 Å². The molecule has 0 amide bonds. The van der Waals surface area contributed by atoms with E-state index >= 15 is 0 Å². The van der Waals surface area contributed by atoms with Crippen molar-refractivity contribution in [2.75, 3.05) is 0 Å². The van der Waals surface area contributed by atoms with E-state index in [0.717, 1.165) is 12.3 Å². The van der Waals surface area contributed by atoms with E-state index in [4.69, 9.17) is 0 Å². The fraction of sp³-hybridized carbons (Fsp3) is 0.167. The van der Waals surface area contributed by atoms with Crippen molar-refractivity contribution in [3.63, 3.8) is 0 Å². The van der Waals surface area contributed by atoms with Gasteiger partial charge in [-0.2, -0.15) is 23.4 Å². The standard InChI is InChI=1S/C6H4F3N2/c1-4-5(6(7,8)9)2-3-10-11-4/h2-3H,1H2. The van der Waals surface area contributed by atoms with E-state index in [0.29, 0.717) is 0 Å². The molecule has 0 saturated heterocycles. The first-order chi connectivity index (χ1) is 5.02. The molecule has 1 rings (SSSR count). The van der Waals surface area contributed by atoms with Gasteiger partial charge in [-0.1, -0.05) is 0 Å². The summed E-state index contributed by atoms with van der Waals surface area (Å²) >= 11 is 0. The van der Waals surface area contributed by atoms with Gasteiger partial charge in [-0.15, -0.1) is 0 Å². The summed E-state index contributed by atoms with van der Waals surface area (Å²) in [4.78, 5) is 0. The van der Waals surface area contributed by atoms with Crippen LogP contribution in [-0.2, 0) is 6.18 Å². The van der Waals surface area contributed by atoms with Crippen LogP contribution < -0.4 is 0 Å². The van der Waals surface area contributed by atoms with Crippen molar-refractivity contribution in [3.05, 3.63) is 30.4 Å². The van der Waals surface area contributed by atoms with Crippen molar-refractivity contribution in [2.45, 2.75) is 6.18 Å². The fourth-order valence-electron chi connectivity index (χ4n) is 0.619.